The van der Waals surface area contributed by atoms with Gasteiger partial charge in [0.15, 0.2) is 5.78 Å². The molecule has 0 saturated heterocycles. The number of ketones is 1. The van der Waals surface area contributed by atoms with E-state index < -0.39 is 47.0 Å². The van der Waals surface area contributed by atoms with E-state index in [9.17, 15) is 19.2 Å². The van der Waals surface area contributed by atoms with Crippen LogP contribution >= 0.6 is 0 Å². The molecule has 0 aromatic heterocycles. The molecular weight excluding hydrogens is 350 g/mol. The van der Waals surface area contributed by atoms with E-state index in [0.717, 1.165) is 0 Å². The van der Waals surface area contributed by atoms with Gasteiger partial charge in [0.25, 0.3) is 0 Å². The number of carbonyl (C=O) groups is 4. The van der Waals surface area contributed by atoms with Crippen molar-refractivity contribution in [3.63, 3.8) is 0 Å². The number of carbonyl (C=O) groups excluding carboxylic acids is 4. The summed E-state index contributed by atoms with van der Waals surface area (Å²) in [6.45, 7) is 3.81. The molecule has 1 rings (SSSR count). The van der Waals surface area contributed by atoms with E-state index in [-0.39, 0.29) is 18.8 Å². The number of rotatable bonds is 10. The Kier molecular flexibility index (Phi) is 7.86. The van der Waals surface area contributed by atoms with E-state index in [1.807, 2.05) is 13.8 Å². The molecule has 0 aliphatic heterocycles. The van der Waals surface area contributed by atoms with Crippen LogP contribution in [0.25, 0.3) is 0 Å². The second-order valence-corrected chi connectivity index (χ2v) is 7.25. The molecule has 0 saturated carbocycles. The van der Waals surface area contributed by atoms with Crippen LogP contribution in [0.4, 0.5) is 0 Å². The molecule has 4 atom stereocenters. The van der Waals surface area contributed by atoms with Gasteiger partial charge in [0.1, 0.15) is 6.04 Å². The second kappa shape index (κ2) is 9.43. The molecule has 0 heterocycles. The summed E-state index contributed by atoms with van der Waals surface area (Å²) in [7, 11) is 0. The van der Waals surface area contributed by atoms with E-state index in [4.69, 9.17) is 22.9 Å². The Morgan fingerprint density at radius 3 is 2.15 bits per heavy atom. The van der Waals surface area contributed by atoms with Crippen LogP contribution in [0.3, 0.4) is 0 Å². The van der Waals surface area contributed by atoms with Crippen molar-refractivity contribution in [1.29, 1.82) is 0 Å². The van der Waals surface area contributed by atoms with Crippen molar-refractivity contribution in [2.75, 3.05) is 0 Å². The standard InChI is InChI=1S/C18H29N5O4/c1-10(2)8-12(20)17(27)23-14(16(22)26)18(6-4-3-5-7-18)15(25)11(19)9-13(21)24/h3-6,10-12,14H,7-9,19-20H2,1-2H3,(H2,21,24)(H2,22,26)(H,23,27)/t11-,12-,14-,18?/m0/s1. The maximum Gasteiger partial charge on any atom is 0.241 e. The Hall–Kier alpha value is -2.52. The van der Waals surface area contributed by atoms with Crippen LogP contribution in [0, 0.1) is 11.3 Å². The molecular formula is C18H29N5O4. The third kappa shape index (κ3) is 5.73. The molecule has 0 radical (unpaired) electrons. The summed E-state index contributed by atoms with van der Waals surface area (Å²) in [4.78, 5) is 48.8. The first-order valence-electron chi connectivity index (χ1n) is 8.79. The van der Waals surface area contributed by atoms with Gasteiger partial charge in [0.2, 0.25) is 17.7 Å². The van der Waals surface area contributed by atoms with E-state index in [0.29, 0.717) is 6.42 Å². The van der Waals surface area contributed by atoms with E-state index >= 15 is 0 Å². The van der Waals surface area contributed by atoms with Gasteiger partial charge < -0.3 is 28.3 Å². The summed E-state index contributed by atoms with van der Waals surface area (Å²) in [5.74, 6) is -2.69. The lowest BCUT2D eigenvalue weighted by molar-refractivity contribution is -0.138. The van der Waals surface area contributed by atoms with Gasteiger partial charge in [0.05, 0.1) is 17.5 Å². The minimum atomic E-state index is -1.51. The van der Waals surface area contributed by atoms with Gasteiger partial charge in [-0.2, -0.15) is 0 Å². The molecule has 1 unspecified atom stereocenters. The highest BCUT2D eigenvalue weighted by molar-refractivity contribution is 6.01. The summed E-state index contributed by atoms with van der Waals surface area (Å²) in [6.07, 6.45) is 6.48. The Balaban J connectivity index is 3.20. The van der Waals surface area contributed by atoms with Crippen molar-refractivity contribution < 1.29 is 19.2 Å². The fourth-order valence-corrected chi connectivity index (χ4v) is 3.15. The number of allylic oxidation sites excluding steroid dienone is 3. The maximum absolute atomic E-state index is 13.0. The minimum absolute atomic E-state index is 0.0854. The fraction of sp³-hybridized carbons (Fsp3) is 0.556. The van der Waals surface area contributed by atoms with Crippen LogP contribution < -0.4 is 28.3 Å². The zero-order valence-electron chi connectivity index (χ0n) is 15.7. The lowest BCUT2D eigenvalue weighted by Gasteiger charge is -2.38. The van der Waals surface area contributed by atoms with Gasteiger partial charge in [-0.15, -0.1) is 0 Å². The molecule has 1 aliphatic rings. The first kappa shape index (κ1) is 22.5. The van der Waals surface area contributed by atoms with Crippen LogP contribution in [0.1, 0.15) is 33.1 Å². The average Bonchev–Trinajstić information content (AvgIpc) is 2.57. The number of nitrogens with two attached hydrogens (primary N) is 4. The summed E-state index contributed by atoms with van der Waals surface area (Å²) in [6, 6.07) is -3.46. The van der Waals surface area contributed by atoms with Crippen LogP contribution in [0.5, 0.6) is 0 Å². The Labute approximate surface area is 158 Å². The van der Waals surface area contributed by atoms with Gasteiger partial charge in [-0.25, -0.2) is 0 Å². The molecule has 3 amide bonds. The molecule has 150 valence electrons. The second-order valence-electron chi connectivity index (χ2n) is 7.25. The Morgan fingerprint density at radius 2 is 1.70 bits per heavy atom. The lowest BCUT2D eigenvalue weighted by Crippen LogP contribution is -2.62. The van der Waals surface area contributed by atoms with Crippen LogP contribution in [0.15, 0.2) is 24.3 Å². The van der Waals surface area contributed by atoms with E-state index in [2.05, 4.69) is 5.32 Å². The van der Waals surface area contributed by atoms with Crippen molar-refractivity contribution in [2.24, 2.45) is 34.3 Å². The highest BCUT2D eigenvalue weighted by Gasteiger charge is 2.49. The molecule has 0 spiro atoms. The van der Waals surface area contributed by atoms with Gasteiger partial charge in [-0.1, -0.05) is 38.2 Å². The topological polar surface area (TPSA) is 184 Å². The van der Waals surface area contributed by atoms with E-state index in [1.165, 1.54) is 6.08 Å². The van der Waals surface area contributed by atoms with Gasteiger partial charge in [0, 0.05) is 6.42 Å². The number of Topliss-reactive ketones (excluding diaryl/α,β-unsaturated/α-hetero) is 1. The first-order valence-corrected chi connectivity index (χ1v) is 8.79. The lowest BCUT2D eigenvalue weighted by atomic mass is 9.69. The van der Waals surface area contributed by atoms with Gasteiger partial charge in [-0.05, 0) is 18.8 Å². The van der Waals surface area contributed by atoms with Crippen molar-refractivity contribution in [3.05, 3.63) is 24.3 Å². The number of hydrogen-bond donors (Lipinski definition) is 5. The molecule has 9 N–H and O–H groups in total. The molecule has 1 aliphatic carbocycles. The van der Waals surface area contributed by atoms with Gasteiger partial charge >= 0.3 is 0 Å². The van der Waals surface area contributed by atoms with Crippen LogP contribution in [-0.2, 0) is 19.2 Å². The Bertz CT molecular complexity index is 658. The molecule has 0 aromatic rings. The van der Waals surface area contributed by atoms with Crippen molar-refractivity contribution in [3.8, 4) is 0 Å². The zero-order valence-corrected chi connectivity index (χ0v) is 15.7. The van der Waals surface area contributed by atoms with Gasteiger partial charge in [-0.3, -0.25) is 19.2 Å². The third-order valence-electron chi connectivity index (χ3n) is 4.46. The monoisotopic (exact) mass is 379 g/mol. The summed E-state index contributed by atoms with van der Waals surface area (Å²) >= 11 is 0. The van der Waals surface area contributed by atoms with Crippen molar-refractivity contribution in [1.82, 2.24) is 5.32 Å². The highest BCUT2D eigenvalue weighted by Crippen LogP contribution is 2.34. The number of primary amides is 2. The number of hydrogen-bond acceptors (Lipinski definition) is 6. The zero-order chi connectivity index (χ0) is 20.8. The average molecular weight is 379 g/mol. The fourth-order valence-electron chi connectivity index (χ4n) is 3.15. The largest absolute Gasteiger partial charge is 0.370 e. The number of nitrogens with one attached hydrogen (secondary N) is 1. The number of amides is 3. The molecule has 9 nitrogen and oxygen atoms in total. The predicted octanol–water partition coefficient (Wildman–Crippen LogP) is -1.40. The molecule has 27 heavy (non-hydrogen) atoms. The van der Waals surface area contributed by atoms with Crippen molar-refractivity contribution >= 4 is 23.5 Å². The molecule has 9 heteroatoms. The maximum atomic E-state index is 13.0. The third-order valence-corrected chi connectivity index (χ3v) is 4.46. The summed E-state index contributed by atoms with van der Waals surface area (Å²) < 4.78 is 0. The first-order chi connectivity index (χ1) is 12.5. The smallest absolute Gasteiger partial charge is 0.241 e. The molecule has 0 fully saturated rings. The summed E-state index contributed by atoms with van der Waals surface area (Å²) in [5, 5.41) is 2.51. The molecule has 0 bridgehead atoms. The SMILES string of the molecule is CC(C)C[C@H](N)C(=O)N[C@@H](C(N)=O)C1(C(=O)[C@@H](N)CC(N)=O)C=CC=CC1. The molecule has 0 aromatic carbocycles. The van der Waals surface area contributed by atoms with E-state index in [1.54, 1.807) is 18.2 Å². The Morgan fingerprint density at radius 1 is 1.07 bits per heavy atom. The predicted molar refractivity (Wildman–Crippen MR) is 101 cm³/mol. The highest BCUT2D eigenvalue weighted by atomic mass is 16.2. The van der Waals surface area contributed by atoms with Crippen LogP contribution in [-0.4, -0.2) is 41.6 Å². The minimum Gasteiger partial charge on any atom is -0.370 e. The van der Waals surface area contributed by atoms with Crippen LogP contribution in [0.2, 0.25) is 0 Å². The normalized spacial score (nSPS) is 22.1. The quantitative estimate of drug-likeness (QED) is 0.311. The van der Waals surface area contributed by atoms with Crippen molar-refractivity contribution in [2.45, 2.75) is 51.2 Å². The summed E-state index contributed by atoms with van der Waals surface area (Å²) in [5.41, 5.74) is 20.8.